The summed E-state index contributed by atoms with van der Waals surface area (Å²) in [6, 6.07) is 7.05. The average Bonchev–Trinajstić information content (AvgIpc) is 3.14. The van der Waals surface area contributed by atoms with Crippen LogP contribution in [0.15, 0.2) is 41.8 Å². The fourth-order valence-electron chi connectivity index (χ4n) is 2.61. The van der Waals surface area contributed by atoms with Crippen LogP contribution in [0.4, 0.5) is 0 Å². The van der Waals surface area contributed by atoms with Crippen molar-refractivity contribution in [2.24, 2.45) is 0 Å². The zero-order valence-electron chi connectivity index (χ0n) is 13.6. The molecule has 1 N–H and O–H groups in total. The first-order valence-electron chi connectivity index (χ1n) is 7.81. The van der Waals surface area contributed by atoms with E-state index >= 15 is 0 Å². The number of thioether (sulfide) groups is 1. The van der Waals surface area contributed by atoms with Gasteiger partial charge in [0.1, 0.15) is 0 Å². The summed E-state index contributed by atoms with van der Waals surface area (Å²) in [5, 5.41) is 3.76. The van der Waals surface area contributed by atoms with Gasteiger partial charge in [-0.1, -0.05) is 23.4 Å². The molecule has 2 heterocycles. The summed E-state index contributed by atoms with van der Waals surface area (Å²) in [6.45, 7) is 1.78. The highest BCUT2D eigenvalue weighted by atomic mass is 35.5. The summed E-state index contributed by atoms with van der Waals surface area (Å²) in [6.07, 6.45) is 3.97. The van der Waals surface area contributed by atoms with Gasteiger partial charge < -0.3 is 5.32 Å². The number of carbonyl (C=O) groups excluding carboxylic acids is 1. The van der Waals surface area contributed by atoms with Crippen LogP contribution in [0.2, 0.25) is 5.02 Å². The molecule has 0 radical (unpaired) electrons. The molecule has 0 bridgehead atoms. The number of sulfone groups is 1. The van der Waals surface area contributed by atoms with E-state index in [0.717, 1.165) is 5.69 Å². The van der Waals surface area contributed by atoms with E-state index in [2.05, 4.69) is 10.3 Å². The molecule has 1 aromatic heterocycles. The monoisotopic (exact) mass is 399 g/mol. The normalized spacial score (nSPS) is 20.3. The molecule has 1 fully saturated rings. The lowest BCUT2D eigenvalue weighted by Crippen LogP contribution is -2.40. The van der Waals surface area contributed by atoms with E-state index in [0.29, 0.717) is 16.6 Å². The predicted molar refractivity (Wildman–Crippen MR) is 99.1 cm³/mol. The van der Waals surface area contributed by atoms with Crippen LogP contribution < -0.4 is 5.32 Å². The third-order valence-corrected chi connectivity index (χ3v) is 7.04. The van der Waals surface area contributed by atoms with E-state index in [1.54, 1.807) is 25.3 Å². The number of aromatic nitrogens is 2. The molecule has 6 nitrogen and oxygen atoms in total. The molecule has 0 saturated carbocycles. The lowest BCUT2D eigenvalue weighted by Gasteiger charge is -2.16. The average molecular weight is 400 g/mol. The van der Waals surface area contributed by atoms with Crippen LogP contribution in [0.1, 0.15) is 13.3 Å². The minimum Gasteiger partial charge on any atom is -0.351 e. The molecule has 9 heteroatoms. The van der Waals surface area contributed by atoms with E-state index in [-0.39, 0.29) is 23.5 Å². The van der Waals surface area contributed by atoms with Gasteiger partial charge in [0.2, 0.25) is 5.91 Å². The molecule has 134 valence electrons. The van der Waals surface area contributed by atoms with Crippen molar-refractivity contribution >= 4 is 39.1 Å². The third-order valence-electron chi connectivity index (χ3n) is 3.94. The molecule has 1 aliphatic rings. The van der Waals surface area contributed by atoms with Crippen molar-refractivity contribution in [3.63, 3.8) is 0 Å². The van der Waals surface area contributed by atoms with Crippen LogP contribution >= 0.6 is 23.4 Å². The Labute approximate surface area is 155 Å². The number of carbonyl (C=O) groups is 1. The van der Waals surface area contributed by atoms with E-state index in [9.17, 15) is 13.2 Å². The van der Waals surface area contributed by atoms with Gasteiger partial charge in [-0.25, -0.2) is 13.4 Å². The summed E-state index contributed by atoms with van der Waals surface area (Å²) >= 11 is 7.24. The maximum Gasteiger partial charge on any atom is 0.233 e. The highest BCUT2D eigenvalue weighted by Gasteiger charge is 2.30. The first-order valence-corrected chi connectivity index (χ1v) is 10.9. The zero-order valence-corrected chi connectivity index (χ0v) is 15.9. The number of halogens is 1. The zero-order chi connectivity index (χ0) is 18.0. The number of amides is 1. The first-order chi connectivity index (χ1) is 11.8. The van der Waals surface area contributed by atoms with Gasteiger partial charge in [-0.2, -0.15) is 0 Å². The largest absolute Gasteiger partial charge is 0.351 e. The van der Waals surface area contributed by atoms with Crippen LogP contribution in [0.5, 0.6) is 0 Å². The van der Waals surface area contributed by atoms with Gasteiger partial charge in [0.05, 0.1) is 16.8 Å². The second-order valence-corrected chi connectivity index (χ2v) is 9.90. The molecular formula is C16H18ClN3O3S2. The van der Waals surface area contributed by atoms with Gasteiger partial charge >= 0.3 is 0 Å². The number of hydrogen-bond acceptors (Lipinski definition) is 5. The van der Waals surface area contributed by atoms with Gasteiger partial charge in [0.25, 0.3) is 0 Å². The number of nitrogens with zero attached hydrogens (tertiary/aromatic N) is 2. The van der Waals surface area contributed by atoms with Gasteiger partial charge in [0, 0.05) is 29.1 Å². The molecule has 1 aliphatic heterocycles. The Morgan fingerprint density at radius 1 is 1.40 bits per heavy atom. The molecule has 2 unspecified atom stereocenters. The molecule has 2 aromatic rings. The molecule has 1 saturated heterocycles. The first kappa shape index (κ1) is 18.3. The molecule has 0 spiro atoms. The van der Waals surface area contributed by atoms with E-state index in [1.807, 2.05) is 22.9 Å². The maximum atomic E-state index is 12.3. The Kier molecular flexibility index (Phi) is 5.41. The van der Waals surface area contributed by atoms with E-state index in [4.69, 9.17) is 11.6 Å². The summed E-state index contributed by atoms with van der Waals surface area (Å²) < 4.78 is 24.9. The molecular weight excluding hydrogens is 382 g/mol. The highest BCUT2D eigenvalue weighted by molar-refractivity contribution is 8.00. The Bertz CT molecular complexity index is 865. The molecule has 25 heavy (non-hydrogen) atoms. The number of imidazole rings is 1. The van der Waals surface area contributed by atoms with Gasteiger partial charge in [0.15, 0.2) is 15.0 Å². The number of rotatable bonds is 5. The Morgan fingerprint density at radius 3 is 2.76 bits per heavy atom. The Hall–Kier alpha value is -1.51. The highest BCUT2D eigenvalue weighted by Crippen LogP contribution is 2.25. The van der Waals surface area contributed by atoms with E-state index in [1.165, 1.54) is 11.8 Å². The van der Waals surface area contributed by atoms with Gasteiger partial charge in [-0.3, -0.25) is 9.36 Å². The lowest BCUT2D eigenvalue weighted by atomic mass is 10.2. The molecule has 1 aromatic carbocycles. The quantitative estimate of drug-likeness (QED) is 0.780. The summed E-state index contributed by atoms with van der Waals surface area (Å²) in [7, 11) is -3.01. The Morgan fingerprint density at radius 2 is 2.12 bits per heavy atom. The van der Waals surface area contributed by atoms with Crippen molar-refractivity contribution in [1.29, 1.82) is 0 Å². The second-order valence-electron chi connectivity index (χ2n) is 5.92. The fourth-order valence-corrected chi connectivity index (χ4v) is 5.31. The van der Waals surface area contributed by atoms with Crippen LogP contribution in [0.25, 0.3) is 5.69 Å². The fraction of sp³-hybridized carbons (Fsp3) is 0.375. The van der Waals surface area contributed by atoms with Gasteiger partial charge in [-0.15, -0.1) is 0 Å². The Balaban J connectivity index is 1.65. The smallest absolute Gasteiger partial charge is 0.233 e. The van der Waals surface area contributed by atoms with Crippen molar-refractivity contribution in [2.45, 2.75) is 29.8 Å². The number of hydrogen-bond donors (Lipinski definition) is 1. The predicted octanol–water partition coefficient (Wildman–Crippen LogP) is 2.31. The van der Waals surface area contributed by atoms with Crippen molar-refractivity contribution in [1.82, 2.24) is 14.9 Å². The summed E-state index contributed by atoms with van der Waals surface area (Å²) in [4.78, 5) is 16.7. The van der Waals surface area contributed by atoms with Crippen LogP contribution in [0.3, 0.4) is 0 Å². The van der Waals surface area contributed by atoms with Crippen molar-refractivity contribution in [3.05, 3.63) is 41.7 Å². The van der Waals surface area contributed by atoms with Gasteiger partial charge in [-0.05, 0) is 37.6 Å². The third kappa shape index (κ3) is 4.56. The number of benzene rings is 1. The molecule has 2 atom stereocenters. The SMILES string of the molecule is CC(Sc1nccn1-c1ccc(Cl)cc1)C(=O)NC1CCS(=O)(=O)C1. The standard InChI is InChI=1S/C16H18ClN3O3S2/c1-11(15(21)19-13-6-9-25(22,23)10-13)24-16-18-7-8-20(16)14-4-2-12(17)3-5-14/h2-5,7-8,11,13H,6,9-10H2,1H3,(H,19,21). The van der Waals surface area contributed by atoms with Crippen molar-refractivity contribution in [3.8, 4) is 5.69 Å². The minimum atomic E-state index is -3.01. The minimum absolute atomic E-state index is 0.0233. The van der Waals surface area contributed by atoms with Crippen molar-refractivity contribution < 1.29 is 13.2 Å². The van der Waals surface area contributed by atoms with Crippen LogP contribution in [-0.4, -0.2) is 46.7 Å². The lowest BCUT2D eigenvalue weighted by molar-refractivity contribution is -0.120. The molecule has 1 amide bonds. The summed E-state index contributed by atoms with van der Waals surface area (Å²) in [5.74, 6) is -0.0200. The van der Waals surface area contributed by atoms with Crippen molar-refractivity contribution in [2.75, 3.05) is 11.5 Å². The van der Waals surface area contributed by atoms with Crippen LogP contribution in [0, 0.1) is 0 Å². The second kappa shape index (κ2) is 7.39. The molecule has 0 aliphatic carbocycles. The topological polar surface area (TPSA) is 81.1 Å². The summed E-state index contributed by atoms with van der Waals surface area (Å²) in [5.41, 5.74) is 0.902. The van der Waals surface area contributed by atoms with Crippen LogP contribution in [-0.2, 0) is 14.6 Å². The number of nitrogens with one attached hydrogen (secondary N) is 1. The van der Waals surface area contributed by atoms with E-state index < -0.39 is 15.1 Å². The molecule has 3 rings (SSSR count). The maximum absolute atomic E-state index is 12.3.